The third-order valence-corrected chi connectivity index (χ3v) is 5.51. The van der Waals surface area contributed by atoms with Gasteiger partial charge >= 0.3 is 0 Å². The Morgan fingerprint density at radius 2 is 1.81 bits per heavy atom. The summed E-state index contributed by atoms with van der Waals surface area (Å²) in [6.07, 6.45) is 1.02. The maximum Gasteiger partial charge on any atom is 0.248 e. The van der Waals surface area contributed by atoms with Crippen molar-refractivity contribution in [2.75, 3.05) is 18.4 Å². The SMILES string of the molecule is CCNCCC(C)c1nnc(NC(=O)C(CC)NC(=O)Cc2cc(F)cc(F)c2)s1.Cl. The van der Waals surface area contributed by atoms with E-state index in [4.69, 9.17) is 0 Å². The standard InChI is InChI=1S/C20H27F2N5O2S.ClH/c1-4-16(24-17(28)10-13-8-14(21)11-15(22)9-13)18(29)25-20-27-26-19(30-20)12(3)6-7-23-5-2;/h8-9,11-12,16,23H,4-7,10H2,1-3H3,(H,24,28)(H,25,27,29);1H. The molecule has 1 heterocycles. The van der Waals surface area contributed by atoms with Crippen molar-refractivity contribution in [3.8, 4) is 0 Å². The number of hydrogen-bond donors (Lipinski definition) is 3. The second kappa shape index (κ2) is 13.3. The van der Waals surface area contributed by atoms with Crippen LogP contribution in [0, 0.1) is 11.6 Å². The summed E-state index contributed by atoms with van der Waals surface area (Å²) in [5, 5.41) is 17.9. The molecule has 0 fully saturated rings. The van der Waals surface area contributed by atoms with E-state index in [9.17, 15) is 18.4 Å². The molecule has 0 aliphatic carbocycles. The van der Waals surface area contributed by atoms with Crippen LogP contribution in [-0.4, -0.2) is 41.1 Å². The average molecular weight is 476 g/mol. The molecule has 7 nitrogen and oxygen atoms in total. The van der Waals surface area contributed by atoms with Gasteiger partial charge in [0.15, 0.2) is 0 Å². The molecule has 172 valence electrons. The molecule has 2 unspecified atom stereocenters. The van der Waals surface area contributed by atoms with E-state index in [0.29, 0.717) is 11.6 Å². The lowest BCUT2D eigenvalue weighted by atomic mass is 10.1. The van der Waals surface area contributed by atoms with Gasteiger partial charge in [-0.15, -0.1) is 22.6 Å². The fourth-order valence-corrected chi connectivity index (χ4v) is 3.62. The monoisotopic (exact) mass is 475 g/mol. The molecule has 0 saturated heterocycles. The first-order chi connectivity index (χ1) is 14.3. The van der Waals surface area contributed by atoms with Crippen molar-refractivity contribution in [2.24, 2.45) is 0 Å². The summed E-state index contributed by atoms with van der Waals surface area (Å²) in [5.74, 6) is -2.22. The fraction of sp³-hybridized carbons (Fsp3) is 0.500. The van der Waals surface area contributed by atoms with E-state index in [-0.39, 0.29) is 30.3 Å². The summed E-state index contributed by atoms with van der Waals surface area (Å²) in [6.45, 7) is 7.62. The minimum Gasteiger partial charge on any atom is -0.344 e. The Balaban J connectivity index is 0.00000480. The van der Waals surface area contributed by atoms with Crippen LogP contribution in [-0.2, 0) is 16.0 Å². The van der Waals surface area contributed by atoms with Crippen molar-refractivity contribution in [1.29, 1.82) is 0 Å². The molecule has 0 aliphatic rings. The van der Waals surface area contributed by atoms with Crippen LogP contribution in [0.1, 0.15) is 50.1 Å². The van der Waals surface area contributed by atoms with E-state index in [1.807, 2.05) is 13.8 Å². The summed E-state index contributed by atoms with van der Waals surface area (Å²) in [5.41, 5.74) is 0.195. The number of anilines is 1. The van der Waals surface area contributed by atoms with Gasteiger partial charge in [-0.3, -0.25) is 14.9 Å². The minimum atomic E-state index is -0.797. The Labute approximate surface area is 190 Å². The van der Waals surface area contributed by atoms with E-state index >= 15 is 0 Å². The number of carbonyl (C=O) groups excluding carboxylic acids is 2. The smallest absolute Gasteiger partial charge is 0.248 e. The second-order valence-electron chi connectivity index (χ2n) is 6.96. The molecule has 1 aromatic carbocycles. The zero-order chi connectivity index (χ0) is 22.1. The van der Waals surface area contributed by atoms with Crippen molar-refractivity contribution in [1.82, 2.24) is 20.8 Å². The first kappa shape index (κ1) is 26.9. The maximum atomic E-state index is 13.3. The molecule has 1 aromatic heterocycles. The van der Waals surface area contributed by atoms with E-state index in [0.717, 1.165) is 42.7 Å². The first-order valence-corrected chi connectivity index (χ1v) is 10.7. The van der Waals surface area contributed by atoms with Gasteiger partial charge in [-0.05, 0) is 43.6 Å². The van der Waals surface area contributed by atoms with Gasteiger partial charge in [-0.25, -0.2) is 8.78 Å². The first-order valence-electron chi connectivity index (χ1n) is 9.91. The zero-order valence-electron chi connectivity index (χ0n) is 17.7. The number of carbonyl (C=O) groups is 2. The Bertz CT molecular complexity index is 848. The molecule has 31 heavy (non-hydrogen) atoms. The molecule has 2 aromatic rings. The van der Waals surface area contributed by atoms with Crippen LogP contribution in [0.5, 0.6) is 0 Å². The number of aromatic nitrogens is 2. The third-order valence-electron chi connectivity index (χ3n) is 4.44. The van der Waals surface area contributed by atoms with Gasteiger partial charge in [-0.1, -0.05) is 32.1 Å². The zero-order valence-corrected chi connectivity index (χ0v) is 19.3. The van der Waals surface area contributed by atoms with Crippen molar-refractivity contribution in [3.63, 3.8) is 0 Å². The van der Waals surface area contributed by atoms with Crippen LogP contribution in [0.4, 0.5) is 13.9 Å². The number of nitrogens with one attached hydrogen (secondary N) is 3. The van der Waals surface area contributed by atoms with Crippen molar-refractivity contribution < 1.29 is 18.4 Å². The molecule has 0 radical (unpaired) electrons. The topological polar surface area (TPSA) is 96.0 Å². The Hall–Kier alpha value is -2.17. The predicted molar refractivity (Wildman–Crippen MR) is 120 cm³/mol. The van der Waals surface area contributed by atoms with Crippen LogP contribution < -0.4 is 16.0 Å². The lowest BCUT2D eigenvalue weighted by molar-refractivity contribution is -0.126. The minimum absolute atomic E-state index is 0. The van der Waals surface area contributed by atoms with Crippen LogP contribution in [0.15, 0.2) is 18.2 Å². The summed E-state index contributed by atoms with van der Waals surface area (Å²) in [4.78, 5) is 24.7. The highest BCUT2D eigenvalue weighted by Gasteiger charge is 2.21. The summed E-state index contributed by atoms with van der Waals surface area (Å²) in [6, 6.07) is 2.11. The average Bonchev–Trinajstić information content (AvgIpc) is 3.13. The molecule has 11 heteroatoms. The highest BCUT2D eigenvalue weighted by atomic mass is 35.5. The molecule has 0 spiro atoms. The van der Waals surface area contributed by atoms with Crippen molar-refractivity contribution in [2.45, 2.75) is 52.0 Å². The second-order valence-corrected chi connectivity index (χ2v) is 7.97. The number of nitrogens with zero attached hydrogens (tertiary/aromatic N) is 2. The lowest BCUT2D eigenvalue weighted by Gasteiger charge is -2.16. The van der Waals surface area contributed by atoms with E-state index < -0.39 is 29.5 Å². The van der Waals surface area contributed by atoms with Gasteiger partial charge < -0.3 is 10.6 Å². The maximum absolute atomic E-state index is 13.3. The summed E-state index contributed by atoms with van der Waals surface area (Å²) >= 11 is 1.30. The molecule has 0 saturated carbocycles. The fourth-order valence-electron chi connectivity index (χ4n) is 2.79. The van der Waals surface area contributed by atoms with Gasteiger partial charge in [-0.2, -0.15) is 0 Å². The molecular formula is C20H28ClF2N5O2S. The third kappa shape index (κ3) is 8.84. The van der Waals surface area contributed by atoms with Crippen molar-refractivity contribution in [3.05, 3.63) is 40.4 Å². The summed E-state index contributed by atoms with van der Waals surface area (Å²) < 4.78 is 26.5. The molecular weight excluding hydrogens is 448 g/mol. The van der Waals surface area contributed by atoms with Gasteiger partial charge in [0, 0.05) is 12.0 Å². The van der Waals surface area contributed by atoms with Gasteiger partial charge in [0.2, 0.25) is 16.9 Å². The predicted octanol–water partition coefficient (Wildman–Crippen LogP) is 3.42. The van der Waals surface area contributed by atoms with Crippen molar-refractivity contribution >= 4 is 40.7 Å². The number of halogens is 3. The largest absolute Gasteiger partial charge is 0.344 e. The number of amides is 2. The van der Waals surface area contributed by atoms with Crippen LogP contribution >= 0.6 is 23.7 Å². The quantitative estimate of drug-likeness (QED) is 0.433. The van der Waals surface area contributed by atoms with E-state index in [2.05, 4.69) is 26.1 Å². The highest BCUT2D eigenvalue weighted by molar-refractivity contribution is 7.15. The number of hydrogen-bond acceptors (Lipinski definition) is 6. The van der Waals surface area contributed by atoms with Crippen LogP contribution in [0.3, 0.4) is 0 Å². The molecule has 3 N–H and O–H groups in total. The Morgan fingerprint density at radius 3 is 2.42 bits per heavy atom. The van der Waals surface area contributed by atoms with Crippen LogP contribution in [0.2, 0.25) is 0 Å². The number of rotatable bonds is 11. The molecule has 0 bridgehead atoms. The number of benzene rings is 1. The van der Waals surface area contributed by atoms with Gasteiger partial charge in [0.25, 0.3) is 0 Å². The molecule has 2 amide bonds. The van der Waals surface area contributed by atoms with E-state index in [1.54, 1.807) is 6.92 Å². The summed E-state index contributed by atoms with van der Waals surface area (Å²) in [7, 11) is 0. The lowest BCUT2D eigenvalue weighted by Crippen LogP contribution is -2.44. The molecule has 2 atom stereocenters. The molecule has 0 aliphatic heterocycles. The highest BCUT2D eigenvalue weighted by Crippen LogP contribution is 2.25. The molecule has 2 rings (SSSR count). The van der Waals surface area contributed by atoms with Crippen LogP contribution in [0.25, 0.3) is 0 Å². The normalized spacial score (nSPS) is 12.5. The Morgan fingerprint density at radius 1 is 1.13 bits per heavy atom. The Kier molecular flexibility index (Phi) is 11.5. The van der Waals surface area contributed by atoms with Gasteiger partial charge in [0.05, 0.1) is 6.42 Å². The van der Waals surface area contributed by atoms with E-state index in [1.165, 1.54) is 11.3 Å². The van der Waals surface area contributed by atoms with Gasteiger partial charge in [0.1, 0.15) is 22.7 Å².